The van der Waals surface area contributed by atoms with Gasteiger partial charge >= 0.3 is 7.12 Å². The maximum absolute atomic E-state index is 9.36. The lowest BCUT2D eigenvalue weighted by atomic mass is 9.76. The second-order valence-electron chi connectivity index (χ2n) is 6.12. The largest absolute Gasteiger partial charge is 0.488 e. The van der Waals surface area contributed by atoms with Crippen molar-refractivity contribution in [1.29, 1.82) is 0 Å². The number of rotatable bonds is 2. The average Bonchev–Trinajstić information content (AvgIpc) is 2.68. The van der Waals surface area contributed by atoms with Gasteiger partial charge in [-0.1, -0.05) is 74.5 Å². The van der Waals surface area contributed by atoms with Gasteiger partial charge in [-0.15, -0.1) is 0 Å². The molecule has 0 amide bonds. The van der Waals surface area contributed by atoms with Crippen LogP contribution in [0.2, 0.25) is 0 Å². The second-order valence-corrected chi connectivity index (χ2v) is 6.12. The minimum absolute atomic E-state index is 0.285. The van der Waals surface area contributed by atoms with Gasteiger partial charge in [-0.3, -0.25) is 0 Å². The third kappa shape index (κ3) is 3.61. The van der Waals surface area contributed by atoms with E-state index in [0.29, 0.717) is 5.46 Å². The SMILES string of the molecule is CC.OB(O)c1ccc2c(c1)CNCC2c1ccc2ccccc2c1. The molecule has 1 aliphatic heterocycles. The van der Waals surface area contributed by atoms with Crippen LogP contribution in [-0.4, -0.2) is 23.7 Å². The lowest BCUT2D eigenvalue weighted by Crippen LogP contribution is -2.34. The molecule has 4 heteroatoms. The summed E-state index contributed by atoms with van der Waals surface area (Å²) >= 11 is 0. The molecule has 3 nitrogen and oxygen atoms in total. The van der Waals surface area contributed by atoms with Gasteiger partial charge in [-0.25, -0.2) is 0 Å². The monoisotopic (exact) mass is 333 g/mol. The Labute approximate surface area is 149 Å². The second kappa shape index (κ2) is 7.83. The standard InChI is InChI=1S/C19H18BNO2.C2H6/c22-20(23)17-7-8-18-16(10-17)11-21-12-19(18)15-6-5-13-3-1-2-4-14(13)9-15;1-2/h1-10,19,21-23H,11-12H2;1-2H3. The smallest absolute Gasteiger partial charge is 0.423 e. The third-order valence-corrected chi connectivity index (χ3v) is 4.68. The molecular weight excluding hydrogens is 309 g/mol. The first-order valence-electron chi connectivity index (χ1n) is 8.90. The number of hydrogen-bond donors (Lipinski definition) is 3. The van der Waals surface area contributed by atoms with E-state index >= 15 is 0 Å². The van der Waals surface area contributed by atoms with Crippen molar-refractivity contribution in [3.63, 3.8) is 0 Å². The molecule has 3 aromatic carbocycles. The van der Waals surface area contributed by atoms with Crippen LogP contribution >= 0.6 is 0 Å². The summed E-state index contributed by atoms with van der Waals surface area (Å²) in [6.07, 6.45) is 0. The molecule has 0 saturated carbocycles. The van der Waals surface area contributed by atoms with Gasteiger partial charge in [0, 0.05) is 19.0 Å². The zero-order valence-electron chi connectivity index (χ0n) is 14.7. The summed E-state index contributed by atoms with van der Waals surface area (Å²) in [5, 5.41) is 24.7. The van der Waals surface area contributed by atoms with Crippen molar-refractivity contribution < 1.29 is 10.0 Å². The van der Waals surface area contributed by atoms with Crippen LogP contribution in [0.25, 0.3) is 10.8 Å². The summed E-state index contributed by atoms with van der Waals surface area (Å²) < 4.78 is 0. The Balaban J connectivity index is 0.000000880. The Morgan fingerprint density at radius 1 is 0.920 bits per heavy atom. The molecule has 0 radical (unpaired) electrons. The van der Waals surface area contributed by atoms with E-state index in [9.17, 15) is 10.0 Å². The van der Waals surface area contributed by atoms with E-state index in [2.05, 4.69) is 47.8 Å². The summed E-state index contributed by atoms with van der Waals surface area (Å²) in [7, 11) is -1.42. The molecule has 128 valence electrons. The van der Waals surface area contributed by atoms with Crippen LogP contribution in [0.5, 0.6) is 0 Å². The highest BCUT2D eigenvalue weighted by atomic mass is 16.4. The number of fused-ring (bicyclic) bond motifs is 2. The van der Waals surface area contributed by atoms with E-state index in [1.54, 1.807) is 0 Å². The lowest BCUT2D eigenvalue weighted by molar-refractivity contribution is 0.425. The van der Waals surface area contributed by atoms with Crippen molar-refractivity contribution >= 4 is 23.4 Å². The topological polar surface area (TPSA) is 52.5 Å². The summed E-state index contributed by atoms with van der Waals surface area (Å²) in [5.41, 5.74) is 4.24. The van der Waals surface area contributed by atoms with E-state index in [-0.39, 0.29) is 5.92 Å². The minimum atomic E-state index is -1.42. The molecule has 1 aliphatic rings. The lowest BCUT2D eigenvalue weighted by Gasteiger charge is -2.27. The molecule has 1 heterocycles. The zero-order valence-corrected chi connectivity index (χ0v) is 14.7. The molecule has 0 fully saturated rings. The molecule has 0 saturated heterocycles. The van der Waals surface area contributed by atoms with Crippen LogP contribution in [0.3, 0.4) is 0 Å². The first-order valence-corrected chi connectivity index (χ1v) is 8.90. The fourth-order valence-corrected chi connectivity index (χ4v) is 3.46. The molecule has 3 N–H and O–H groups in total. The maximum Gasteiger partial charge on any atom is 0.488 e. The van der Waals surface area contributed by atoms with Crippen LogP contribution in [0.15, 0.2) is 60.7 Å². The Kier molecular flexibility index (Phi) is 5.54. The molecule has 3 aromatic rings. The van der Waals surface area contributed by atoms with Gasteiger partial charge in [0.05, 0.1) is 0 Å². The van der Waals surface area contributed by atoms with Gasteiger partial charge in [0.25, 0.3) is 0 Å². The first kappa shape index (κ1) is 17.7. The summed E-state index contributed by atoms with van der Waals surface area (Å²) in [5.74, 6) is 0.285. The molecule has 0 spiro atoms. The molecule has 0 bridgehead atoms. The average molecular weight is 333 g/mol. The maximum atomic E-state index is 9.36. The Morgan fingerprint density at radius 2 is 1.68 bits per heavy atom. The van der Waals surface area contributed by atoms with Gasteiger partial charge in [-0.2, -0.15) is 0 Å². The zero-order chi connectivity index (χ0) is 17.8. The Hall–Kier alpha value is -2.14. The van der Waals surface area contributed by atoms with Gasteiger partial charge in [0.1, 0.15) is 0 Å². The van der Waals surface area contributed by atoms with Crippen LogP contribution in [0, 0.1) is 0 Å². The van der Waals surface area contributed by atoms with Gasteiger partial charge < -0.3 is 15.4 Å². The molecule has 25 heavy (non-hydrogen) atoms. The molecule has 1 atom stereocenters. The van der Waals surface area contributed by atoms with Gasteiger partial charge in [0.15, 0.2) is 0 Å². The summed E-state index contributed by atoms with van der Waals surface area (Å²) in [6, 6.07) is 20.7. The Bertz CT molecular complexity index is 863. The van der Waals surface area contributed by atoms with Crippen molar-refractivity contribution in [1.82, 2.24) is 5.32 Å². The minimum Gasteiger partial charge on any atom is -0.423 e. The summed E-state index contributed by atoms with van der Waals surface area (Å²) in [4.78, 5) is 0. The number of nitrogens with one attached hydrogen (secondary N) is 1. The van der Waals surface area contributed by atoms with Crippen molar-refractivity contribution in [2.24, 2.45) is 0 Å². The van der Waals surface area contributed by atoms with Gasteiger partial charge in [-0.05, 0) is 32.9 Å². The quantitative estimate of drug-likeness (QED) is 0.632. The van der Waals surface area contributed by atoms with E-state index in [4.69, 9.17) is 0 Å². The van der Waals surface area contributed by atoms with E-state index in [0.717, 1.165) is 18.7 Å². The summed E-state index contributed by atoms with van der Waals surface area (Å²) in [6.45, 7) is 5.66. The van der Waals surface area contributed by atoms with Crippen LogP contribution in [0.1, 0.15) is 36.5 Å². The van der Waals surface area contributed by atoms with Crippen molar-refractivity contribution in [2.75, 3.05) is 6.54 Å². The molecule has 0 aromatic heterocycles. The number of hydrogen-bond acceptors (Lipinski definition) is 3. The molecular formula is C21H24BNO2. The highest BCUT2D eigenvalue weighted by Gasteiger charge is 2.23. The predicted molar refractivity (Wildman–Crippen MR) is 105 cm³/mol. The molecule has 0 aliphatic carbocycles. The molecule has 1 unspecified atom stereocenters. The third-order valence-electron chi connectivity index (χ3n) is 4.68. The van der Waals surface area contributed by atoms with E-state index in [1.807, 2.05) is 32.0 Å². The van der Waals surface area contributed by atoms with Gasteiger partial charge in [0.2, 0.25) is 0 Å². The van der Waals surface area contributed by atoms with Crippen LogP contribution in [-0.2, 0) is 6.54 Å². The normalized spacial score (nSPS) is 15.9. The van der Waals surface area contributed by atoms with E-state index in [1.165, 1.54) is 21.9 Å². The van der Waals surface area contributed by atoms with Crippen LogP contribution < -0.4 is 10.8 Å². The highest BCUT2D eigenvalue weighted by molar-refractivity contribution is 6.58. The van der Waals surface area contributed by atoms with Crippen LogP contribution in [0.4, 0.5) is 0 Å². The highest BCUT2D eigenvalue weighted by Crippen LogP contribution is 2.31. The Morgan fingerprint density at radius 3 is 2.44 bits per heavy atom. The fraction of sp³-hybridized carbons (Fsp3) is 0.238. The van der Waals surface area contributed by atoms with Crippen molar-refractivity contribution in [2.45, 2.75) is 26.3 Å². The van der Waals surface area contributed by atoms with Crippen molar-refractivity contribution in [3.05, 3.63) is 77.4 Å². The first-order chi connectivity index (χ1) is 12.2. The number of benzene rings is 3. The van der Waals surface area contributed by atoms with Crippen molar-refractivity contribution in [3.8, 4) is 0 Å². The van der Waals surface area contributed by atoms with E-state index < -0.39 is 7.12 Å². The predicted octanol–water partition coefficient (Wildman–Crippen LogP) is 2.78. The molecule has 4 rings (SSSR count). The fourth-order valence-electron chi connectivity index (χ4n) is 3.46.